The molecule has 0 saturated carbocycles. The number of sulfone groups is 1. The number of anilines is 1. The molecule has 0 heterocycles. The zero-order valence-electron chi connectivity index (χ0n) is 20.1. The van der Waals surface area contributed by atoms with Crippen LogP contribution in [0.5, 0.6) is 5.75 Å². The van der Waals surface area contributed by atoms with Crippen molar-refractivity contribution in [3.8, 4) is 5.75 Å². The largest absolute Gasteiger partial charge is 0.496 e. The van der Waals surface area contributed by atoms with Gasteiger partial charge in [0, 0.05) is 23.6 Å². The van der Waals surface area contributed by atoms with Crippen molar-refractivity contribution in [3.63, 3.8) is 0 Å². The second-order valence-corrected chi connectivity index (χ2v) is 9.32. The van der Waals surface area contributed by atoms with Crippen LogP contribution in [0.15, 0.2) is 77.0 Å². The van der Waals surface area contributed by atoms with Gasteiger partial charge in [0.25, 0.3) is 0 Å². The molecule has 33 heavy (non-hydrogen) atoms. The number of rotatable bonds is 12. The number of carbonyl (C=O) groups excluding carboxylic acids is 1. The lowest BCUT2D eigenvalue weighted by Gasteiger charge is -2.12. The third-order valence-electron chi connectivity index (χ3n) is 4.30. The van der Waals surface area contributed by atoms with E-state index in [1.165, 1.54) is 38.9 Å². The standard InChI is InChI=1S/C25H33NO6S/c1-18(2)15-24(31-6)21(19(3)4)12-14-33(28,29)17-20-10-11-23(30-5)22(16-20)26-13-8-9-25(27)32-7/h8-12,14-16,26H,3,13,17H2,1-2,4-7H3/b9-8+,14-12+,24-21+. The van der Waals surface area contributed by atoms with Gasteiger partial charge in [-0.2, -0.15) is 0 Å². The molecule has 180 valence electrons. The van der Waals surface area contributed by atoms with Crippen LogP contribution in [0.4, 0.5) is 5.69 Å². The Kier molecular flexibility index (Phi) is 11.2. The van der Waals surface area contributed by atoms with E-state index >= 15 is 0 Å². The van der Waals surface area contributed by atoms with Gasteiger partial charge in [0.15, 0.2) is 9.84 Å². The number of methoxy groups -OCH3 is 3. The molecule has 0 fully saturated rings. The van der Waals surface area contributed by atoms with Crippen molar-refractivity contribution in [3.05, 3.63) is 82.5 Å². The molecular weight excluding hydrogens is 442 g/mol. The molecule has 0 unspecified atom stereocenters. The second-order valence-electron chi connectivity index (χ2n) is 7.44. The van der Waals surface area contributed by atoms with Crippen LogP contribution in [-0.4, -0.2) is 42.3 Å². The highest BCUT2D eigenvalue weighted by molar-refractivity contribution is 7.93. The van der Waals surface area contributed by atoms with Gasteiger partial charge in [0.2, 0.25) is 0 Å². The minimum atomic E-state index is -3.59. The van der Waals surface area contributed by atoms with Gasteiger partial charge in [-0.3, -0.25) is 0 Å². The van der Waals surface area contributed by atoms with Crippen LogP contribution in [0.2, 0.25) is 0 Å². The number of esters is 1. The molecule has 0 aliphatic rings. The summed E-state index contributed by atoms with van der Waals surface area (Å²) < 4.78 is 40.9. The highest BCUT2D eigenvalue weighted by Gasteiger charge is 2.12. The van der Waals surface area contributed by atoms with E-state index in [0.717, 1.165) is 5.57 Å². The summed E-state index contributed by atoms with van der Waals surface area (Å²) in [7, 11) is 0.772. The molecule has 1 rings (SSSR count). The van der Waals surface area contributed by atoms with E-state index in [9.17, 15) is 13.2 Å². The Labute approximate surface area is 197 Å². The van der Waals surface area contributed by atoms with Crippen molar-refractivity contribution in [2.75, 3.05) is 33.2 Å². The Morgan fingerprint density at radius 2 is 1.79 bits per heavy atom. The zero-order valence-corrected chi connectivity index (χ0v) is 20.9. The van der Waals surface area contributed by atoms with Gasteiger partial charge in [0.1, 0.15) is 11.5 Å². The predicted octanol–water partition coefficient (Wildman–Crippen LogP) is 4.71. The third kappa shape index (κ3) is 9.82. The summed E-state index contributed by atoms with van der Waals surface area (Å²) in [4.78, 5) is 11.2. The average molecular weight is 476 g/mol. The number of carbonyl (C=O) groups is 1. The lowest BCUT2D eigenvalue weighted by molar-refractivity contribution is -0.134. The van der Waals surface area contributed by atoms with Crippen LogP contribution < -0.4 is 10.1 Å². The molecule has 0 aromatic heterocycles. The highest BCUT2D eigenvalue weighted by atomic mass is 32.2. The topological polar surface area (TPSA) is 90.9 Å². The molecular formula is C25H33NO6S. The summed E-state index contributed by atoms with van der Waals surface area (Å²) in [5, 5.41) is 4.27. The minimum absolute atomic E-state index is 0.200. The molecule has 0 aliphatic heterocycles. The van der Waals surface area contributed by atoms with Crippen molar-refractivity contribution >= 4 is 21.5 Å². The zero-order chi connectivity index (χ0) is 25.0. The second kappa shape index (κ2) is 13.3. The maximum Gasteiger partial charge on any atom is 0.330 e. The Morgan fingerprint density at radius 1 is 1.09 bits per heavy atom. The minimum Gasteiger partial charge on any atom is -0.496 e. The molecule has 0 spiro atoms. The van der Waals surface area contributed by atoms with E-state index < -0.39 is 15.8 Å². The first-order valence-electron chi connectivity index (χ1n) is 10.2. The normalized spacial score (nSPS) is 12.3. The number of hydrogen-bond acceptors (Lipinski definition) is 7. The fraction of sp³-hybridized carbons (Fsp3) is 0.320. The molecule has 8 heteroatoms. The monoisotopic (exact) mass is 475 g/mol. The molecule has 7 nitrogen and oxygen atoms in total. The van der Waals surface area contributed by atoms with Gasteiger partial charge < -0.3 is 19.5 Å². The fourth-order valence-corrected chi connectivity index (χ4v) is 3.85. The number of ether oxygens (including phenoxy) is 3. The lowest BCUT2D eigenvalue weighted by atomic mass is 10.1. The van der Waals surface area contributed by atoms with Gasteiger partial charge in [-0.15, -0.1) is 0 Å². The SMILES string of the molecule is C=C(C)C(/C=C/S(=O)(=O)Cc1ccc(OC)c(NC/C=C/C(=O)OC)c1)=C(\C=C(C)C)OC. The van der Waals surface area contributed by atoms with Crippen molar-refractivity contribution in [2.45, 2.75) is 26.5 Å². The first-order valence-corrected chi connectivity index (χ1v) is 11.9. The summed E-state index contributed by atoms with van der Waals surface area (Å²) in [5.41, 5.74) is 3.50. The quantitative estimate of drug-likeness (QED) is 0.203. The molecule has 1 N–H and O–H groups in total. The van der Waals surface area contributed by atoms with Gasteiger partial charge in [0.05, 0.1) is 32.8 Å². The van der Waals surface area contributed by atoms with Crippen molar-refractivity contribution in [1.82, 2.24) is 0 Å². The summed E-state index contributed by atoms with van der Waals surface area (Å²) in [6.07, 6.45) is 6.24. The number of nitrogens with one attached hydrogen (secondary N) is 1. The van der Waals surface area contributed by atoms with Crippen molar-refractivity contribution in [2.24, 2.45) is 0 Å². The Morgan fingerprint density at radius 3 is 2.33 bits per heavy atom. The van der Waals surface area contributed by atoms with Crippen LogP contribution in [0.1, 0.15) is 26.3 Å². The Bertz CT molecular complexity index is 1070. The van der Waals surface area contributed by atoms with Crippen LogP contribution >= 0.6 is 0 Å². The Hall–Kier alpha value is -3.26. The first kappa shape index (κ1) is 27.8. The van der Waals surface area contributed by atoms with Crippen LogP contribution in [-0.2, 0) is 29.9 Å². The van der Waals surface area contributed by atoms with Gasteiger partial charge >= 0.3 is 5.97 Å². The fourth-order valence-electron chi connectivity index (χ4n) is 2.77. The van der Waals surface area contributed by atoms with Crippen molar-refractivity contribution < 1.29 is 27.4 Å². The number of allylic oxidation sites excluding steroid dienone is 5. The van der Waals surface area contributed by atoms with E-state index in [4.69, 9.17) is 9.47 Å². The maximum atomic E-state index is 12.8. The highest BCUT2D eigenvalue weighted by Crippen LogP contribution is 2.27. The Balaban J connectivity index is 3.13. The molecule has 0 amide bonds. The summed E-state index contributed by atoms with van der Waals surface area (Å²) in [5.74, 6) is 0.441. The van der Waals surface area contributed by atoms with Gasteiger partial charge in [-0.25, -0.2) is 13.2 Å². The van der Waals surface area contributed by atoms with E-state index in [1.807, 2.05) is 19.9 Å². The van der Waals surface area contributed by atoms with Crippen LogP contribution in [0, 0.1) is 0 Å². The summed E-state index contributed by atoms with van der Waals surface area (Å²) in [6.45, 7) is 9.91. The smallest absolute Gasteiger partial charge is 0.330 e. The summed E-state index contributed by atoms with van der Waals surface area (Å²) in [6, 6.07) is 5.09. The number of hydrogen-bond donors (Lipinski definition) is 1. The van der Waals surface area contributed by atoms with Crippen LogP contribution in [0.3, 0.4) is 0 Å². The molecule has 1 aromatic rings. The summed E-state index contributed by atoms with van der Waals surface area (Å²) >= 11 is 0. The lowest BCUT2D eigenvalue weighted by Crippen LogP contribution is -2.05. The van der Waals surface area contributed by atoms with Gasteiger partial charge in [-0.1, -0.05) is 24.3 Å². The molecule has 0 atom stereocenters. The van der Waals surface area contributed by atoms with E-state index in [0.29, 0.717) is 40.5 Å². The first-order chi connectivity index (χ1) is 15.5. The van der Waals surface area contributed by atoms with Gasteiger partial charge in [-0.05, 0) is 56.2 Å². The van der Waals surface area contributed by atoms with Crippen molar-refractivity contribution in [1.29, 1.82) is 0 Å². The number of benzene rings is 1. The van der Waals surface area contributed by atoms with Crippen LogP contribution in [0.25, 0.3) is 0 Å². The molecule has 0 aliphatic carbocycles. The molecule has 0 radical (unpaired) electrons. The predicted molar refractivity (Wildman–Crippen MR) is 133 cm³/mol. The molecule has 0 saturated heterocycles. The molecule has 0 bridgehead atoms. The van der Waals surface area contributed by atoms with E-state index in [2.05, 4.69) is 16.6 Å². The van der Waals surface area contributed by atoms with E-state index in [1.54, 1.807) is 31.2 Å². The maximum absolute atomic E-state index is 12.8. The third-order valence-corrected chi connectivity index (χ3v) is 5.59. The van der Waals surface area contributed by atoms with E-state index in [-0.39, 0.29) is 5.75 Å². The molecule has 1 aromatic carbocycles. The average Bonchev–Trinajstić information content (AvgIpc) is 2.75.